The van der Waals surface area contributed by atoms with Crippen molar-refractivity contribution in [3.05, 3.63) is 24.0 Å². The number of hydrogen-bond acceptors (Lipinski definition) is 2. The average molecular weight is 432 g/mol. The van der Waals surface area contributed by atoms with E-state index in [0.29, 0.717) is 18.1 Å². The largest absolute Gasteiger partial charge is 0.377 e. The van der Waals surface area contributed by atoms with Gasteiger partial charge in [-0.25, -0.2) is 0 Å². The number of aromatic nitrogens is 1. The van der Waals surface area contributed by atoms with Gasteiger partial charge in [0.1, 0.15) is 0 Å². The molecule has 1 aromatic rings. The van der Waals surface area contributed by atoms with Gasteiger partial charge in [0.25, 0.3) is 0 Å². The van der Waals surface area contributed by atoms with Crippen molar-refractivity contribution in [2.45, 2.75) is 45.4 Å². The lowest BCUT2D eigenvalue weighted by atomic mass is 9.55. The molecule has 130 valence electrons. The Morgan fingerprint density at radius 1 is 1.48 bits per heavy atom. The summed E-state index contributed by atoms with van der Waals surface area (Å²) in [6.45, 7) is 6.29. The zero-order valence-corrected chi connectivity index (χ0v) is 16.8. The quantitative estimate of drug-likeness (QED) is 0.439. The molecule has 0 bridgehead atoms. The SMILES string of the molecule is CN=C(NCc1ccn(C)c1)NC1C2CCCOC2C1(C)C.I. The lowest BCUT2D eigenvalue weighted by Crippen LogP contribution is -2.70. The number of hydrogen-bond donors (Lipinski definition) is 2. The number of ether oxygens (including phenoxy) is 1. The summed E-state index contributed by atoms with van der Waals surface area (Å²) < 4.78 is 8.03. The van der Waals surface area contributed by atoms with Crippen LogP contribution in [0, 0.1) is 11.3 Å². The summed E-state index contributed by atoms with van der Waals surface area (Å²) in [4.78, 5) is 4.38. The molecule has 2 aliphatic rings. The molecule has 3 atom stereocenters. The number of nitrogens with one attached hydrogen (secondary N) is 2. The van der Waals surface area contributed by atoms with Crippen molar-refractivity contribution in [1.29, 1.82) is 0 Å². The minimum absolute atomic E-state index is 0. The number of fused-ring (bicyclic) bond motifs is 1. The van der Waals surface area contributed by atoms with Gasteiger partial charge in [0.15, 0.2) is 5.96 Å². The van der Waals surface area contributed by atoms with Crippen molar-refractivity contribution in [1.82, 2.24) is 15.2 Å². The zero-order valence-electron chi connectivity index (χ0n) is 14.5. The fraction of sp³-hybridized carbons (Fsp3) is 0.706. The van der Waals surface area contributed by atoms with Gasteiger partial charge in [0.2, 0.25) is 0 Å². The summed E-state index contributed by atoms with van der Waals surface area (Å²) in [6.07, 6.45) is 7.00. The van der Waals surface area contributed by atoms with Crippen molar-refractivity contribution in [3.8, 4) is 0 Å². The molecular weight excluding hydrogens is 403 g/mol. The molecule has 1 saturated heterocycles. The molecule has 6 heteroatoms. The molecule has 1 aliphatic heterocycles. The maximum atomic E-state index is 5.97. The average Bonchev–Trinajstić information content (AvgIpc) is 2.93. The molecule has 0 aromatic carbocycles. The van der Waals surface area contributed by atoms with E-state index in [0.717, 1.165) is 19.1 Å². The Hall–Kier alpha value is -0.760. The molecule has 0 amide bonds. The Labute approximate surface area is 156 Å². The van der Waals surface area contributed by atoms with Gasteiger partial charge in [-0.3, -0.25) is 4.99 Å². The highest BCUT2D eigenvalue weighted by Crippen LogP contribution is 2.51. The normalized spacial score (nSPS) is 29.0. The molecule has 5 nitrogen and oxygen atoms in total. The zero-order chi connectivity index (χ0) is 15.7. The highest BCUT2D eigenvalue weighted by molar-refractivity contribution is 14.0. The number of rotatable bonds is 3. The Morgan fingerprint density at radius 3 is 2.91 bits per heavy atom. The van der Waals surface area contributed by atoms with Gasteiger partial charge in [-0.15, -0.1) is 24.0 Å². The third kappa shape index (κ3) is 3.68. The van der Waals surface area contributed by atoms with E-state index < -0.39 is 0 Å². The van der Waals surface area contributed by atoms with Crippen molar-refractivity contribution < 1.29 is 4.74 Å². The van der Waals surface area contributed by atoms with Gasteiger partial charge < -0.3 is 19.9 Å². The third-order valence-electron chi connectivity index (χ3n) is 5.20. The minimum atomic E-state index is 0. The summed E-state index contributed by atoms with van der Waals surface area (Å²) in [5, 5.41) is 7.04. The van der Waals surface area contributed by atoms with E-state index in [-0.39, 0.29) is 29.4 Å². The number of aryl methyl sites for hydroxylation is 1. The lowest BCUT2D eigenvalue weighted by Gasteiger charge is -2.60. The number of nitrogens with zero attached hydrogens (tertiary/aromatic N) is 2. The molecule has 1 saturated carbocycles. The van der Waals surface area contributed by atoms with Gasteiger partial charge >= 0.3 is 0 Å². The molecule has 0 radical (unpaired) electrons. The van der Waals surface area contributed by atoms with E-state index in [4.69, 9.17) is 4.74 Å². The smallest absolute Gasteiger partial charge is 0.191 e. The van der Waals surface area contributed by atoms with Gasteiger partial charge in [-0.05, 0) is 24.5 Å². The Morgan fingerprint density at radius 2 is 2.26 bits per heavy atom. The van der Waals surface area contributed by atoms with Gasteiger partial charge in [-0.1, -0.05) is 13.8 Å². The minimum Gasteiger partial charge on any atom is -0.377 e. The van der Waals surface area contributed by atoms with Crippen LogP contribution >= 0.6 is 24.0 Å². The van der Waals surface area contributed by atoms with Crippen LogP contribution in [-0.2, 0) is 18.3 Å². The molecule has 3 unspecified atom stereocenters. The molecule has 3 rings (SSSR count). The van der Waals surface area contributed by atoms with E-state index in [1.54, 1.807) is 0 Å². The molecule has 1 aliphatic carbocycles. The van der Waals surface area contributed by atoms with Crippen molar-refractivity contribution in [2.75, 3.05) is 13.7 Å². The second-order valence-electron chi connectivity index (χ2n) is 7.15. The second kappa shape index (κ2) is 7.42. The van der Waals surface area contributed by atoms with Crippen LogP contribution in [0.15, 0.2) is 23.5 Å². The molecule has 1 aromatic heterocycles. The monoisotopic (exact) mass is 432 g/mol. The molecule has 2 fully saturated rings. The Kier molecular flexibility index (Phi) is 5.99. The van der Waals surface area contributed by atoms with Crippen LogP contribution in [0.4, 0.5) is 0 Å². The summed E-state index contributed by atoms with van der Waals surface area (Å²) in [7, 11) is 3.87. The van der Waals surface area contributed by atoms with E-state index in [2.05, 4.69) is 52.5 Å². The molecule has 2 heterocycles. The molecule has 23 heavy (non-hydrogen) atoms. The van der Waals surface area contributed by atoms with Crippen LogP contribution in [0.25, 0.3) is 0 Å². The first-order valence-electron chi connectivity index (χ1n) is 8.22. The third-order valence-corrected chi connectivity index (χ3v) is 5.20. The number of aliphatic imine (C=N–C) groups is 1. The fourth-order valence-electron chi connectivity index (χ4n) is 4.01. The second-order valence-corrected chi connectivity index (χ2v) is 7.15. The van der Waals surface area contributed by atoms with Crippen LogP contribution < -0.4 is 10.6 Å². The first kappa shape index (κ1) is 18.6. The highest BCUT2D eigenvalue weighted by Gasteiger charge is 2.58. The summed E-state index contributed by atoms with van der Waals surface area (Å²) in [5.41, 5.74) is 1.42. The summed E-state index contributed by atoms with van der Waals surface area (Å²) in [5.74, 6) is 1.49. The predicted molar refractivity (Wildman–Crippen MR) is 104 cm³/mol. The maximum Gasteiger partial charge on any atom is 0.191 e. The van der Waals surface area contributed by atoms with E-state index >= 15 is 0 Å². The number of guanidine groups is 1. The maximum absolute atomic E-state index is 5.97. The number of halogens is 1. The van der Waals surface area contributed by atoms with Crippen LogP contribution in [-0.4, -0.2) is 36.3 Å². The highest BCUT2D eigenvalue weighted by atomic mass is 127. The van der Waals surface area contributed by atoms with Gasteiger partial charge in [0, 0.05) is 57.0 Å². The van der Waals surface area contributed by atoms with Crippen molar-refractivity contribution in [3.63, 3.8) is 0 Å². The van der Waals surface area contributed by atoms with E-state index in [1.165, 1.54) is 18.4 Å². The standard InChI is InChI=1S/C17H28N4O.HI/c1-17(2)14(13-6-5-9-22-15(13)17)20-16(18-3)19-10-12-7-8-21(4)11-12;/h7-8,11,13-15H,5-6,9-10H2,1-4H3,(H2,18,19,20);1H. The van der Waals surface area contributed by atoms with Crippen LogP contribution in [0.1, 0.15) is 32.3 Å². The topological polar surface area (TPSA) is 50.6 Å². The van der Waals surface area contributed by atoms with Crippen LogP contribution in [0.5, 0.6) is 0 Å². The first-order chi connectivity index (χ1) is 10.5. The van der Waals surface area contributed by atoms with E-state index in [9.17, 15) is 0 Å². The van der Waals surface area contributed by atoms with Gasteiger partial charge in [0.05, 0.1) is 6.10 Å². The Bertz CT molecular complexity index is 555. The first-order valence-corrected chi connectivity index (χ1v) is 8.22. The van der Waals surface area contributed by atoms with E-state index in [1.807, 2.05) is 14.1 Å². The van der Waals surface area contributed by atoms with Crippen molar-refractivity contribution >= 4 is 29.9 Å². The molecular formula is C17H29IN4O. The van der Waals surface area contributed by atoms with Gasteiger partial charge in [-0.2, -0.15) is 0 Å². The predicted octanol–water partition coefficient (Wildman–Crippen LogP) is 2.51. The molecule has 2 N–H and O–H groups in total. The fourth-order valence-corrected chi connectivity index (χ4v) is 4.01. The van der Waals surface area contributed by atoms with Crippen LogP contribution in [0.2, 0.25) is 0 Å². The summed E-state index contributed by atoms with van der Waals surface area (Å²) >= 11 is 0. The Balaban J connectivity index is 0.00000192. The van der Waals surface area contributed by atoms with Crippen molar-refractivity contribution in [2.24, 2.45) is 23.4 Å². The van der Waals surface area contributed by atoms with Crippen LogP contribution in [0.3, 0.4) is 0 Å². The molecule has 0 spiro atoms. The summed E-state index contributed by atoms with van der Waals surface area (Å²) in [6, 6.07) is 2.55. The lowest BCUT2D eigenvalue weighted by molar-refractivity contribution is -0.188.